The zero-order chi connectivity index (χ0) is 19.6. The van der Waals surface area contributed by atoms with Crippen LogP contribution in [0.5, 0.6) is 0 Å². The molecule has 144 valence electrons. The van der Waals surface area contributed by atoms with Crippen molar-refractivity contribution in [3.63, 3.8) is 0 Å². The summed E-state index contributed by atoms with van der Waals surface area (Å²) in [5.41, 5.74) is 0.862. The van der Waals surface area contributed by atoms with Crippen LogP contribution in [0.15, 0.2) is 47.4 Å². The molecule has 0 atom stereocenters. The summed E-state index contributed by atoms with van der Waals surface area (Å²) in [4.78, 5) is 12.5. The number of sulfonamides is 1. The van der Waals surface area contributed by atoms with Gasteiger partial charge < -0.3 is 5.32 Å². The van der Waals surface area contributed by atoms with Crippen LogP contribution in [0.1, 0.15) is 30.1 Å². The van der Waals surface area contributed by atoms with E-state index in [2.05, 4.69) is 12.2 Å². The van der Waals surface area contributed by atoms with Crippen LogP contribution >= 0.6 is 23.2 Å². The van der Waals surface area contributed by atoms with Crippen LogP contribution in [-0.2, 0) is 10.0 Å². The molecule has 1 fully saturated rings. The highest BCUT2D eigenvalue weighted by Crippen LogP contribution is 2.25. The van der Waals surface area contributed by atoms with E-state index in [-0.39, 0.29) is 10.8 Å². The van der Waals surface area contributed by atoms with Crippen molar-refractivity contribution >= 4 is 44.8 Å². The maximum atomic E-state index is 12.7. The third kappa shape index (κ3) is 4.63. The molecule has 1 aliphatic rings. The fraction of sp³-hybridized carbons (Fsp3) is 0.316. The van der Waals surface area contributed by atoms with Crippen molar-refractivity contribution in [1.29, 1.82) is 0 Å². The molecule has 1 amide bonds. The number of nitrogens with one attached hydrogen (secondary N) is 1. The van der Waals surface area contributed by atoms with E-state index in [9.17, 15) is 13.2 Å². The van der Waals surface area contributed by atoms with Gasteiger partial charge in [0.2, 0.25) is 10.0 Å². The van der Waals surface area contributed by atoms with Crippen molar-refractivity contribution in [2.24, 2.45) is 5.92 Å². The molecule has 8 heteroatoms. The molecule has 0 unspecified atom stereocenters. The summed E-state index contributed by atoms with van der Waals surface area (Å²) in [6.07, 6.45) is 1.74. The van der Waals surface area contributed by atoms with E-state index in [1.54, 1.807) is 24.3 Å². The third-order valence-electron chi connectivity index (χ3n) is 4.67. The molecule has 0 radical (unpaired) electrons. The number of carbonyl (C=O) groups excluding carboxylic acids is 1. The molecular formula is C19H20Cl2N2O3S. The highest BCUT2D eigenvalue weighted by atomic mass is 35.5. The largest absolute Gasteiger partial charge is 0.322 e. The molecule has 0 aromatic heterocycles. The molecule has 2 aromatic rings. The van der Waals surface area contributed by atoms with Crippen LogP contribution < -0.4 is 5.32 Å². The van der Waals surface area contributed by atoms with Gasteiger partial charge in [0.15, 0.2) is 0 Å². The van der Waals surface area contributed by atoms with E-state index in [0.717, 1.165) is 12.8 Å². The predicted molar refractivity (Wildman–Crippen MR) is 108 cm³/mol. The van der Waals surface area contributed by atoms with Crippen molar-refractivity contribution in [2.45, 2.75) is 24.7 Å². The molecule has 1 heterocycles. The summed E-state index contributed by atoms with van der Waals surface area (Å²) in [5, 5.41) is 3.38. The number of hydrogen-bond donors (Lipinski definition) is 1. The minimum absolute atomic E-state index is 0.226. The molecule has 1 saturated heterocycles. The highest BCUT2D eigenvalue weighted by molar-refractivity contribution is 7.89. The number of nitrogens with zero attached hydrogens (tertiary/aromatic N) is 1. The SMILES string of the molecule is CC1CCN(S(=O)(=O)c2ccc(NC(=O)c3ccc(Cl)c(Cl)c3)cc2)CC1. The molecule has 1 N–H and O–H groups in total. The number of anilines is 1. The van der Waals surface area contributed by atoms with E-state index < -0.39 is 10.0 Å². The number of benzene rings is 2. The van der Waals surface area contributed by atoms with E-state index >= 15 is 0 Å². The Kier molecular flexibility index (Phi) is 6.11. The van der Waals surface area contributed by atoms with Gasteiger partial charge in [-0.3, -0.25) is 4.79 Å². The van der Waals surface area contributed by atoms with Crippen LogP contribution in [-0.4, -0.2) is 31.7 Å². The Morgan fingerprint density at radius 1 is 1.04 bits per heavy atom. The van der Waals surface area contributed by atoms with Crippen LogP contribution in [0.2, 0.25) is 10.0 Å². The lowest BCUT2D eigenvalue weighted by atomic mass is 10.0. The summed E-state index contributed by atoms with van der Waals surface area (Å²) in [5.74, 6) is 0.199. The molecule has 3 rings (SSSR count). The van der Waals surface area contributed by atoms with Gasteiger partial charge in [0.25, 0.3) is 5.91 Å². The maximum Gasteiger partial charge on any atom is 0.255 e. The lowest BCUT2D eigenvalue weighted by molar-refractivity contribution is 0.102. The number of piperidine rings is 1. The molecule has 1 aliphatic heterocycles. The molecule has 0 saturated carbocycles. The average Bonchev–Trinajstić information content (AvgIpc) is 2.64. The Labute approximate surface area is 169 Å². The van der Waals surface area contributed by atoms with Crippen molar-refractivity contribution in [3.8, 4) is 0 Å². The number of carbonyl (C=O) groups is 1. The van der Waals surface area contributed by atoms with E-state index in [4.69, 9.17) is 23.2 Å². The second kappa shape index (κ2) is 8.19. The quantitative estimate of drug-likeness (QED) is 0.772. The van der Waals surface area contributed by atoms with Gasteiger partial charge in [-0.25, -0.2) is 8.42 Å². The Balaban J connectivity index is 1.71. The lowest BCUT2D eigenvalue weighted by Gasteiger charge is -2.29. The van der Waals surface area contributed by atoms with Gasteiger partial charge in [0.05, 0.1) is 14.9 Å². The number of rotatable bonds is 4. The molecule has 27 heavy (non-hydrogen) atoms. The van der Waals surface area contributed by atoms with Crippen LogP contribution in [0.3, 0.4) is 0 Å². The Morgan fingerprint density at radius 3 is 2.26 bits per heavy atom. The van der Waals surface area contributed by atoms with Gasteiger partial charge in [0, 0.05) is 24.3 Å². The molecule has 5 nitrogen and oxygen atoms in total. The normalized spacial score (nSPS) is 16.3. The van der Waals surface area contributed by atoms with Crippen molar-refractivity contribution in [3.05, 3.63) is 58.1 Å². The van der Waals surface area contributed by atoms with Gasteiger partial charge in [0.1, 0.15) is 0 Å². The minimum atomic E-state index is -3.50. The highest BCUT2D eigenvalue weighted by Gasteiger charge is 2.27. The zero-order valence-corrected chi connectivity index (χ0v) is 17.1. The van der Waals surface area contributed by atoms with Gasteiger partial charge >= 0.3 is 0 Å². The lowest BCUT2D eigenvalue weighted by Crippen LogP contribution is -2.37. The number of hydrogen-bond acceptors (Lipinski definition) is 3. The zero-order valence-electron chi connectivity index (χ0n) is 14.8. The third-order valence-corrected chi connectivity index (χ3v) is 7.33. The maximum absolute atomic E-state index is 12.7. The predicted octanol–water partition coefficient (Wildman–Crippen LogP) is 4.67. The van der Waals surface area contributed by atoms with E-state index in [1.165, 1.54) is 22.5 Å². The Bertz CT molecular complexity index is 938. The average molecular weight is 427 g/mol. The number of amides is 1. The Morgan fingerprint density at radius 2 is 1.67 bits per heavy atom. The van der Waals surface area contributed by atoms with Crippen molar-refractivity contribution < 1.29 is 13.2 Å². The second-order valence-electron chi connectivity index (χ2n) is 6.69. The summed E-state index contributed by atoms with van der Waals surface area (Å²) in [6, 6.07) is 10.8. The molecule has 0 bridgehead atoms. The first-order valence-corrected chi connectivity index (χ1v) is 10.8. The minimum Gasteiger partial charge on any atom is -0.322 e. The summed E-state index contributed by atoms with van der Waals surface area (Å²) in [7, 11) is -3.50. The summed E-state index contributed by atoms with van der Waals surface area (Å²) >= 11 is 11.8. The fourth-order valence-corrected chi connectivity index (χ4v) is 4.69. The van der Waals surface area contributed by atoms with E-state index in [1.807, 2.05) is 0 Å². The van der Waals surface area contributed by atoms with Crippen LogP contribution in [0, 0.1) is 5.92 Å². The van der Waals surface area contributed by atoms with Crippen LogP contribution in [0.4, 0.5) is 5.69 Å². The van der Waals surface area contributed by atoms with Gasteiger partial charge in [-0.15, -0.1) is 0 Å². The molecule has 0 aliphatic carbocycles. The first-order chi connectivity index (χ1) is 12.8. The fourth-order valence-electron chi connectivity index (χ4n) is 2.93. The first kappa shape index (κ1) is 20.1. The summed E-state index contributed by atoms with van der Waals surface area (Å²) in [6.45, 7) is 3.22. The first-order valence-electron chi connectivity index (χ1n) is 8.64. The molecule has 0 spiro atoms. The van der Waals surface area contributed by atoms with Crippen molar-refractivity contribution in [2.75, 3.05) is 18.4 Å². The Hall–Kier alpha value is -1.60. The molecule has 2 aromatic carbocycles. The van der Waals surface area contributed by atoms with Gasteiger partial charge in [-0.05, 0) is 61.2 Å². The topological polar surface area (TPSA) is 66.5 Å². The van der Waals surface area contributed by atoms with Crippen LogP contribution in [0.25, 0.3) is 0 Å². The molecular weight excluding hydrogens is 407 g/mol. The van der Waals surface area contributed by atoms with E-state index in [0.29, 0.717) is 40.3 Å². The van der Waals surface area contributed by atoms with Crippen molar-refractivity contribution in [1.82, 2.24) is 4.31 Å². The summed E-state index contributed by atoms with van der Waals surface area (Å²) < 4.78 is 27.0. The standard InChI is InChI=1S/C19H20Cl2N2O3S/c1-13-8-10-23(11-9-13)27(25,26)16-5-3-15(4-6-16)22-19(24)14-2-7-17(20)18(21)12-14/h2-7,12-13H,8-11H2,1H3,(H,22,24). The second-order valence-corrected chi connectivity index (χ2v) is 9.45. The number of halogens is 2. The smallest absolute Gasteiger partial charge is 0.255 e. The van der Waals surface area contributed by atoms with Gasteiger partial charge in [-0.1, -0.05) is 30.1 Å². The van der Waals surface area contributed by atoms with Gasteiger partial charge in [-0.2, -0.15) is 4.31 Å². The monoisotopic (exact) mass is 426 g/mol.